The highest BCUT2D eigenvalue weighted by Gasteiger charge is 2.36. The number of hydrogen-bond acceptors (Lipinski definition) is 2. The highest BCUT2D eigenvalue weighted by Crippen LogP contribution is 2.36. The van der Waals surface area contributed by atoms with Gasteiger partial charge in [0, 0.05) is 24.4 Å². The molecule has 0 aliphatic rings. The molecule has 3 nitrogen and oxygen atoms in total. The van der Waals surface area contributed by atoms with Gasteiger partial charge < -0.3 is 5.32 Å². The molecule has 1 aromatic heterocycles. The van der Waals surface area contributed by atoms with Crippen LogP contribution < -0.4 is 5.32 Å². The van der Waals surface area contributed by atoms with Crippen LogP contribution in [-0.2, 0) is 11.0 Å². The van der Waals surface area contributed by atoms with E-state index in [-0.39, 0.29) is 17.4 Å². The van der Waals surface area contributed by atoms with E-state index >= 15 is 0 Å². The predicted molar refractivity (Wildman–Crippen MR) is 74.5 cm³/mol. The first-order chi connectivity index (χ1) is 9.77. The molecule has 6 heteroatoms. The average Bonchev–Trinajstić information content (AvgIpc) is 2.41. The molecule has 0 aliphatic carbocycles. The van der Waals surface area contributed by atoms with Gasteiger partial charge in [0.15, 0.2) is 0 Å². The van der Waals surface area contributed by atoms with Gasteiger partial charge in [-0.25, -0.2) is 0 Å². The maximum atomic E-state index is 13.1. The van der Waals surface area contributed by atoms with Crippen LogP contribution in [0.2, 0.25) is 0 Å². The Morgan fingerprint density at radius 1 is 1.38 bits per heavy atom. The molecule has 1 heterocycles. The monoisotopic (exact) mass is 302 g/mol. The summed E-state index contributed by atoms with van der Waals surface area (Å²) in [6, 6.07) is 0.253. The first-order valence-electron chi connectivity index (χ1n) is 7.07. The Morgan fingerprint density at radius 2 is 2.05 bits per heavy atom. The van der Waals surface area contributed by atoms with Crippen molar-refractivity contribution in [2.24, 2.45) is 5.92 Å². The third-order valence-corrected chi connectivity index (χ3v) is 3.23. The van der Waals surface area contributed by atoms with Crippen molar-refractivity contribution in [1.29, 1.82) is 0 Å². The van der Waals surface area contributed by atoms with E-state index in [0.717, 1.165) is 25.1 Å². The van der Waals surface area contributed by atoms with Crippen LogP contribution >= 0.6 is 0 Å². The number of nitrogens with one attached hydrogen (secondary N) is 1. The van der Waals surface area contributed by atoms with Crippen LogP contribution in [0.3, 0.4) is 0 Å². The zero-order valence-corrected chi connectivity index (χ0v) is 12.5. The third kappa shape index (κ3) is 5.02. The van der Waals surface area contributed by atoms with Gasteiger partial charge in [-0.1, -0.05) is 27.2 Å². The molecule has 1 atom stereocenters. The van der Waals surface area contributed by atoms with E-state index in [9.17, 15) is 18.0 Å². The Morgan fingerprint density at radius 3 is 2.57 bits per heavy atom. The van der Waals surface area contributed by atoms with Gasteiger partial charge in [-0.05, 0) is 18.4 Å². The van der Waals surface area contributed by atoms with Gasteiger partial charge in [-0.3, -0.25) is 9.78 Å². The van der Waals surface area contributed by atoms with Gasteiger partial charge in [0.1, 0.15) is 0 Å². The fourth-order valence-electron chi connectivity index (χ4n) is 2.10. The van der Waals surface area contributed by atoms with Crippen molar-refractivity contribution in [2.75, 3.05) is 0 Å². The van der Waals surface area contributed by atoms with Crippen molar-refractivity contribution in [1.82, 2.24) is 10.3 Å². The maximum absolute atomic E-state index is 13.1. The van der Waals surface area contributed by atoms with Gasteiger partial charge >= 0.3 is 6.18 Å². The number of halogens is 3. The van der Waals surface area contributed by atoms with Gasteiger partial charge in [-0.15, -0.1) is 0 Å². The van der Waals surface area contributed by atoms with Crippen LogP contribution in [0.15, 0.2) is 18.5 Å². The van der Waals surface area contributed by atoms with E-state index in [0.29, 0.717) is 6.42 Å². The number of nitrogens with zero attached hydrogens (tertiary/aromatic N) is 1. The molecule has 0 radical (unpaired) electrons. The zero-order valence-electron chi connectivity index (χ0n) is 12.5. The number of carbonyl (C=O) groups is 1. The number of aromatic nitrogens is 1. The molecular weight excluding hydrogens is 281 g/mol. The smallest absolute Gasteiger partial charge is 0.349 e. The molecule has 0 aromatic carbocycles. The number of rotatable bonds is 6. The fourth-order valence-corrected chi connectivity index (χ4v) is 2.10. The van der Waals surface area contributed by atoms with Crippen molar-refractivity contribution in [3.05, 3.63) is 29.6 Å². The molecule has 0 saturated heterocycles. The molecular formula is C15H21F3N2O. The standard InChI is InChI=1S/C15H21F3N2O/c1-4-5-6-13(21)20-14(10(2)3)11-9-19-8-7-12(11)15(16,17)18/h7-10,14H,4-6H2,1-3H3,(H,20,21). The summed E-state index contributed by atoms with van der Waals surface area (Å²) in [5.41, 5.74) is -0.725. The van der Waals surface area contributed by atoms with Crippen molar-refractivity contribution in [3.8, 4) is 0 Å². The topological polar surface area (TPSA) is 42.0 Å². The first kappa shape index (κ1) is 17.5. The fraction of sp³-hybridized carbons (Fsp3) is 0.600. The molecule has 118 valence electrons. The predicted octanol–water partition coefficient (Wildman–Crippen LogP) is 4.10. The van der Waals surface area contributed by atoms with Gasteiger partial charge in [0.2, 0.25) is 5.91 Å². The summed E-state index contributed by atoms with van der Waals surface area (Å²) < 4.78 is 39.2. The Bertz CT molecular complexity index is 472. The van der Waals surface area contributed by atoms with Crippen LogP contribution in [0.5, 0.6) is 0 Å². The minimum atomic E-state index is -4.46. The lowest BCUT2D eigenvalue weighted by Crippen LogP contribution is -2.33. The lowest BCUT2D eigenvalue weighted by atomic mass is 9.93. The number of unbranched alkanes of at least 4 members (excludes halogenated alkanes) is 1. The Labute approximate surface area is 123 Å². The van der Waals surface area contributed by atoms with Crippen LogP contribution in [0.25, 0.3) is 0 Å². The van der Waals surface area contributed by atoms with E-state index in [2.05, 4.69) is 10.3 Å². The molecule has 1 aromatic rings. The van der Waals surface area contributed by atoms with Crippen molar-refractivity contribution in [2.45, 2.75) is 52.3 Å². The van der Waals surface area contributed by atoms with Crippen LogP contribution in [-0.4, -0.2) is 10.9 Å². The lowest BCUT2D eigenvalue weighted by molar-refractivity contribution is -0.139. The second kappa shape index (κ2) is 7.43. The number of hydrogen-bond donors (Lipinski definition) is 1. The molecule has 0 saturated carbocycles. The molecule has 0 bridgehead atoms. The van der Waals surface area contributed by atoms with E-state index < -0.39 is 17.8 Å². The summed E-state index contributed by atoms with van der Waals surface area (Å²) >= 11 is 0. The summed E-state index contributed by atoms with van der Waals surface area (Å²) in [6.07, 6.45) is -0.257. The first-order valence-corrected chi connectivity index (χ1v) is 7.07. The Kier molecular flexibility index (Phi) is 6.18. The SMILES string of the molecule is CCCCC(=O)NC(c1cnccc1C(F)(F)F)C(C)C. The van der Waals surface area contributed by atoms with E-state index in [1.807, 2.05) is 6.92 Å². The minimum Gasteiger partial charge on any atom is -0.349 e. The van der Waals surface area contributed by atoms with E-state index in [4.69, 9.17) is 0 Å². The molecule has 0 aliphatic heterocycles. The van der Waals surface area contributed by atoms with Crippen molar-refractivity contribution < 1.29 is 18.0 Å². The third-order valence-electron chi connectivity index (χ3n) is 3.23. The van der Waals surface area contributed by atoms with Crippen LogP contribution in [0.1, 0.15) is 57.2 Å². The minimum absolute atomic E-state index is 0.0184. The van der Waals surface area contributed by atoms with E-state index in [1.54, 1.807) is 13.8 Å². The molecule has 0 spiro atoms. The maximum Gasteiger partial charge on any atom is 0.416 e. The van der Waals surface area contributed by atoms with Crippen LogP contribution in [0, 0.1) is 5.92 Å². The Hall–Kier alpha value is -1.59. The average molecular weight is 302 g/mol. The summed E-state index contributed by atoms with van der Waals surface area (Å²) in [4.78, 5) is 15.6. The summed E-state index contributed by atoms with van der Waals surface area (Å²) in [5.74, 6) is -0.395. The number of alkyl halides is 3. The zero-order chi connectivity index (χ0) is 16.0. The molecule has 1 amide bonds. The van der Waals surface area contributed by atoms with Crippen LogP contribution in [0.4, 0.5) is 13.2 Å². The summed E-state index contributed by atoms with van der Waals surface area (Å²) in [7, 11) is 0. The molecule has 21 heavy (non-hydrogen) atoms. The largest absolute Gasteiger partial charge is 0.416 e. The molecule has 1 rings (SSSR count). The van der Waals surface area contributed by atoms with Gasteiger partial charge in [0.25, 0.3) is 0 Å². The van der Waals surface area contributed by atoms with Crippen molar-refractivity contribution in [3.63, 3.8) is 0 Å². The highest BCUT2D eigenvalue weighted by molar-refractivity contribution is 5.76. The second-order valence-electron chi connectivity index (χ2n) is 5.35. The summed E-state index contributed by atoms with van der Waals surface area (Å²) in [5, 5.41) is 2.70. The Balaban J connectivity index is 3.04. The van der Waals surface area contributed by atoms with E-state index in [1.165, 1.54) is 6.20 Å². The lowest BCUT2D eigenvalue weighted by Gasteiger charge is -2.25. The summed E-state index contributed by atoms with van der Waals surface area (Å²) in [6.45, 7) is 5.51. The number of carbonyl (C=O) groups excluding carboxylic acids is 1. The molecule has 1 unspecified atom stereocenters. The molecule has 0 fully saturated rings. The van der Waals surface area contributed by atoms with Gasteiger partial charge in [0.05, 0.1) is 11.6 Å². The highest BCUT2D eigenvalue weighted by atomic mass is 19.4. The normalized spacial score (nSPS) is 13.3. The number of amides is 1. The quantitative estimate of drug-likeness (QED) is 0.859. The van der Waals surface area contributed by atoms with Gasteiger partial charge in [-0.2, -0.15) is 13.2 Å². The second-order valence-corrected chi connectivity index (χ2v) is 5.35. The molecule has 1 N–H and O–H groups in total. The number of pyridine rings is 1. The van der Waals surface area contributed by atoms with Crippen molar-refractivity contribution >= 4 is 5.91 Å².